The third kappa shape index (κ3) is 6.78. The number of esters is 2. The van der Waals surface area contributed by atoms with E-state index >= 15 is 0 Å². The van der Waals surface area contributed by atoms with Gasteiger partial charge in [0.25, 0.3) is 0 Å². The molecule has 0 aliphatic rings. The Morgan fingerprint density at radius 2 is 1.37 bits per heavy atom. The topological polar surface area (TPSA) is 104 Å². The van der Waals surface area contributed by atoms with E-state index in [2.05, 4.69) is 13.8 Å². The van der Waals surface area contributed by atoms with Crippen molar-refractivity contribution in [2.45, 2.75) is 76.2 Å². The van der Waals surface area contributed by atoms with Gasteiger partial charge in [-0.05, 0) is 88.9 Å². The summed E-state index contributed by atoms with van der Waals surface area (Å²) >= 11 is 0. The van der Waals surface area contributed by atoms with E-state index in [1.165, 1.54) is 38.1 Å². The minimum atomic E-state index is -3.76. The lowest BCUT2D eigenvalue weighted by Crippen LogP contribution is -2.44. The molecule has 0 aliphatic heterocycles. The van der Waals surface area contributed by atoms with Gasteiger partial charge < -0.3 is 9.47 Å². The monoisotopic (exact) mass is 502 g/mol. The highest BCUT2D eigenvalue weighted by Crippen LogP contribution is 2.27. The molecule has 0 heterocycles. The number of carbonyl (C=O) groups is 3. The SMILES string of the molecule is CCC(C)c1ccc(S(=O)(=O)c2ccc(C(=O)OCC(C)(C(C)=O)C(=O)OC(C)(C)C)cc2)cc1. The summed E-state index contributed by atoms with van der Waals surface area (Å²) in [7, 11) is -3.76. The molecule has 0 aliphatic carbocycles. The van der Waals surface area contributed by atoms with Crippen LogP contribution in [0, 0.1) is 5.41 Å². The molecule has 0 aromatic heterocycles. The number of hydrogen-bond donors (Lipinski definition) is 0. The molecule has 2 unspecified atom stereocenters. The fraction of sp³-hybridized carbons (Fsp3) is 0.444. The first-order chi connectivity index (χ1) is 16.1. The van der Waals surface area contributed by atoms with E-state index in [4.69, 9.17) is 9.47 Å². The first-order valence-electron chi connectivity index (χ1n) is 11.5. The second-order valence-corrected chi connectivity index (χ2v) is 11.8. The van der Waals surface area contributed by atoms with Crippen LogP contribution in [0.15, 0.2) is 58.3 Å². The Labute approximate surface area is 207 Å². The van der Waals surface area contributed by atoms with Crippen LogP contribution in [0.2, 0.25) is 0 Å². The molecule has 0 amide bonds. The summed E-state index contributed by atoms with van der Waals surface area (Å²) in [6.07, 6.45) is 0.951. The third-order valence-electron chi connectivity index (χ3n) is 5.89. The van der Waals surface area contributed by atoms with E-state index in [0.717, 1.165) is 12.0 Å². The third-order valence-corrected chi connectivity index (χ3v) is 7.68. The van der Waals surface area contributed by atoms with Crippen LogP contribution in [0.25, 0.3) is 0 Å². The normalized spacial score (nSPS) is 14.5. The molecule has 0 bridgehead atoms. The van der Waals surface area contributed by atoms with Crippen LogP contribution >= 0.6 is 0 Å². The number of sulfone groups is 1. The number of ether oxygens (including phenoxy) is 2. The highest BCUT2D eigenvalue weighted by atomic mass is 32.2. The van der Waals surface area contributed by atoms with Crippen molar-refractivity contribution in [3.63, 3.8) is 0 Å². The largest absolute Gasteiger partial charge is 0.460 e. The van der Waals surface area contributed by atoms with Gasteiger partial charge in [-0.3, -0.25) is 9.59 Å². The molecule has 2 atom stereocenters. The second kappa shape index (κ2) is 10.7. The summed E-state index contributed by atoms with van der Waals surface area (Å²) in [5.41, 5.74) is -1.32. The Bertz CT molecular complexity index is 1170. The van der Waals surface area contributed by atoms with Gasteiger partial charge in [0.2, 0.25) is 9.84 Å². The van der Waals surface area contributed by atoms with Crippen molar-refractivity contribution in [3.8, 4) is 0 Å². The summed E-state index contributed by atoms with van der Waals surface area (Å²) in [6, 6.07) is 12.1. The molecule has 8 heteroatoms. The van der Waals surface area contributed by atoms with E-state index in [1.54, 1.807) is 32.9 Å². The van der Waals surface area contributed by atoms with Gasteiger partial charge >= 0.3 is 11.9 Å². The number of carbonyl (C=O) groups excluding carboxylic acids is 3. The van der Waals surface area contributed by atoms with E-state index in [0.29, 0.717) is 5.92 Å². The molecule has 0 saturated heterocycles. The van der Waals surface area contributed by atoms with Crippen molar-refractivity contribution in [2.75, 3.05) is 6.61 Å². The number of ketones is 1. The molecule has 0 N–H and O–H groups in total. The van der Waals surface area contributed by atoms with Crippen molar-refractivity contribution < 1.29 is 32.3 Å². The Balaban J connectivity index is 2.16. The maximum Gasteiger partial charge on any atom is 0.338 e. The molecule has 35 heavy (non-hydrogen) atoms. The molecule has 2 rings (SSSR count). The Kier molecular flexibility index (Phi) is 8.65. The second-order valence-electron chi connectivity index (χ2n) is 9.87. The smallest absolute Gasteiger partial charge is 0.338 e. The first-order valence-corrected chi connectivity index (χ1v) is 13.0. The van der Waals surface area contributed by atoms with Crippen LogP contribution in [0.3, 0.4) is 0 Å². The highest BCUT2D eigenvalue weighted by molar-refractivity contribution is 7.91. The lowest BCUT2D eigenvalue weighted by molar-refractivity contribution is -0.171. The molecule has 0 radical (unpaired) electrons. The van der Waals surface area contributed by atoms with Gasteiger partial charge in [0, 0.05) is 0 Å². The first kappa shape index (κ1) is 28.2. The van der Waals surface area contributed by atoms with Crippen molar-refractivity contribution in [2.24, 2.45) is 5.41 Å². The molecular formula is C27H34O7S. The summed E-state index contributed by atoms with van der Waals surface area (Å²) in [6.45, 7) is 11.3. The van der Waals surface area contributed by atoms with Gasteiger partial charge in [-0.25, -0.2) is 13.2 Å². The lowest BCUT2D eigenvalue weighted by Gasteiger charge is -2.29. The zero-order valence-corrected chi connectivity index (χ0v) is 22.2. The van der Waals surface area contributed by atoms with Gasteiger partial charge in [-0.15, -0.1) is 0 Å². The Morgan fingerprint density at radius 3 is 1.80 bits per heavy atom. The van der Waals surface area contributed by atoms with E-state index in [1.807, 2.05) is 12.1 Å². The summed E-state index contributed by atoms with van der Waals surface area (Å²) in [5, 5.41) is 0. The average molecular weight is 503 g/mol. The van der Waals surface area contributed by atoms with E-state index in [-0.39, 0.29) is 15.4 Å². The quantitative estimate of drug-likeness (QED) is 0.346. The number of rotatable bonds is 9. The lowest BCUT2D eigenvalue weighted by atomic mass is 9.87. The van der Waals surface area contributed by atoms with Crippen molar-refractivity contribution in [1.29, 1.82) is 0 Å². The van der Waals surface area contributed by atoms with Crippen LogP contribution in [0.4, 0.5) is 0 Å². The number of hydrogen-bond acceptors (Lipinski definition) is 7. The molecule has 0 fully saturated rings. The van der Waals surface area contributed by atoms with Gasteiger partial charge in [-0.1, -0.05) is 26.0 Å². The van der Waals surface area contributed by atoms with Gasteiger partial charge in [0.15, 0.2) is 5.41 Å². The molecular weight excluding hydrogens is 468 g/mol. The summed E-state index contributed by atoms with van der Waals surface area (Å²) in [5.74, 6) is -1.74. The Hall–Kier alpha value is -3.00. The standard InChI is InChI=1S/C27H34O7S/c1-8-18(2)20-9-13-22(14-10-20)35(31,32)23-15-11-21(12-16-23)24(29)33-17-27(7,19(3)28)25(30)34-26(4,5)6/h9-16,18H,8,17H2,1-7H3. The molecule has 2 aromatic carbocycles. The minimum absolute atomic E-state index is 0.0349. The van der Waals surface area contributed by atoms with Crippen LogP contribution in [0.1, 0.15) is 76.7 Å². The molecule has 7 nitrogen and oxygen atoms in total. The highest BCUT2D eigenvalue weighted by Gasteiger charge is 2.43. The predicted octanol–water partition coefficient (Wildman–Crippen LogP) is 5.13. The van der Waals surface area contributed by atoms with E-state index in [9.17, 15) is 22.8 Å². The van der Waals surface area contributed by atoms with Gasteiger partial charge in [0.05, 0.1) is 15.4 Å². The molecule has 2 aromatic rings. The van der Waals surface area contributed by atoms with Crippen molar-refractivity contribution >= 4 is 27.6 Å². The van der Waals surface area contributed by atoms with Crippen molar-refractivity contribution in [1.82, 2.24) is 0 Å². The zero-order chi connectivity index (χ0) is 26.6. The van der Waals surface area contributed by atoms with Gasteiger partial charge in [-0.2, -0.15) is 0 Å². The number of benzene rings is 2. The molecule has 190 valence electrons. The Morgan fingerprint density at radius 1 is 0.886 bits per heavy atom. The summed E-state index contributed by atoms with van der Waals surface area (Å²) < 4.78 is 36.5. The van der Waals surface area contributed by atoms with E-state index < -0.39 is 45.2 Å². The van der Waals surface area contributed by atoms with Crippen LogP contribution in [-0.2, 0) is 28.9 Å². The fourth-order valence-corrected chi connectivity index (χ4v) is 4.37. The van der Waals surface area contributed by atoms with Crippen LogP contribution in [-0.4, -0.2) is 38.3 Å². The van der Waals surface area contributed by atoms with Gasteiger partial charge in [0.1, 0.15) is 18.0 Å². The summed E-state index contributed by atoms with van der Waals surface area (Å²) in [4.78, 5) is 37.4. The maximum atomic E-state index is 13.0. The molecule has 0 spiro atoms. The minimum Gasteiger partial charge on any atom is -0.460 e. The predicted molar refractivity (Wildman–Crippen MR) is 132 cm³/mol. The zero-order valence-electron chi connectivity index (χ0n) is 21.4. The maximum absolute atomic E-state index is 13.0. The van der Waals surface area contributed by atoms with Crippen molar-refractivity contribution in [3.05, 3.63) is 59.7 Å². The molecule has 0 saturated carbocycles. The van der Waals surface area contributed by atoms with Crippen LogP contribution in [0.5, 0.6) is 0 Å². The average Bonchev–Trinajstić information content (AvgIpc) is 2.80. The fourth-order valence-electron chi connectivity index (χ4n) is 3.11. The number of Topliss-reactive ketones (excluding diaryl/α,β-unsaturated/α-hetero) is 1. The van der Waals surface area contributed by atoms with Crippen LogP contribution < -0.4 is 0 Å².